The van der Waals surface area contributed by atoms with Crippen LogP contribution in [0.25, 0.3) is 33.5 Å². The third-order valence-electron chi connectivity index (χ3n) is 4.40. The Bertz CT molecular complexity index is 1150. The van der Waals surface area contributed by atoms with Gasteiger partial charge >= 0.3 is 0 Å². The fraction of sp³-hybridized carbons (Fsp3) is 0.150. The Morgan fingerprint density at radius 1 is 1.17 bits per heavy atom. The first-order valence-electron chi connectivity index (χ1n) is 8.80. The number of fused-ring (bicyclic) bond motifs is 1. The smallest absolute Gasteiger partial charge is 0.280 e. The molecule has 1 aromatic carbocycles. The van der Waals surface area contributed by atoms with E-state index in [9.17, 15) is 9.18 Å². The number of hydrogen-bond donors (Lipinski definition) is 4. The van der Waals surface area contributed by atoms with Crippen molar-refractivity contribution >= 4 is 28.3 Å². The van der Waals surface area contributed by atoms with Gasteiger partial charge in [0.15, 0.2) is 5.01 Å². The van der Waals surface area contributed by atoms with Gasteiger partial charge in [-0.1, -0.05) is 0 Å². The highest BCUT2D eigenvalue weighted by Crippen LogP contribution is 2.28. The Morgan fingerprint density at radius 2 is 1.93 bits per heavy atom. The van der Waals surface area contributed by atoms with E-state index >= 15 is 0 Å². The average molecular weight is 412 g/mol. The molecule has 0 aliphatic carbocycles. The zero-order chi connectivity index (χ0) is 20.4. The third kappa shape index (κ3) is 4.02. The van der Waals surface area contributed by atoms with E-state index in [1.807, 2.05) is 12.1 Å². The molecule has 0 spiro atoms. The Balaban J connectivity index is 1.59. The second kappa shape index (κ2) is 8.08. The topological polar surface area (TPSA) is 111 Å². The van der Waals surface area contributed by atoms with Gasteiger partial charge in [-0.3, -0.25) is 4.79 Å². The maximum Gasteiger partial charge on any atom is 0.280 e. The SMILES string of the molecule is O=C(NC(CO)CO)c1nc(-c2cnc3[nH]c(-c4ccc(F)cc4)cc3c2)cs1. The molecule has 0 aliphatic heterocycles. The van der Waals surface area contributed by atoms with E-state index in [2.05, 4.69) is 20.3 Å². The van der Waals surface area contributed by atoms with Crippen LogP contribution in [-0.2, 0) is 0 Å². The van der Waals surface area contributed by atoms with Crippen LogP contribution in [0.1, 0.15) is 9.80 Å². The highest BCUT2D eigenvalue weighted by atomic mass is 32.1. The first-order valence-corrected chi connectivity index (χ1v) is 9.68. The van der Waals surface area contributed by atoms with E-state index in [-0.39, 0.29) is 24.0 Å². The molecule has 4 rings (SSSR count). The molecule has 148 valence electrons. The van der Waals surface area contributed by atoms with Crippen molar-refractivity contribution in [2.75, 3.05) is 13.2 Å². The van der Waals surface area contributed by atoms with Gasteiger partial charge in [0.05, 0.1) is 24.9 Å². The number of carbonyl (C=O) groups excluding carboxylic acids is 1. The van der Waals surface area contributed by atoms with Gasteiger partial charge in [0.1, 0.15) is 11.5 Å². The summed E-state index contributed by atoms with van der Waals surface area (Å²) in [5.41, 5.74) is 3.71. The van der Waals surface area contributed by atoms with Gasteiger partial charge in [-0.15, -0.1) is 11.3 Å². The summed E-state index contributed by atoms with van der Waals surface area (Å²) < 4.78 is 13.1. The number of carbonyl (C=O) groups is 1. The average Bonchev–Trinajstić information content (AvgIpc) is 3.39. The Morgan fingerprint density at radius 3 is 2.66 bits per heavy atom. The number of aromatic amines is 1. The van der Waals surface area contributed by atoms with Crippen molar-refractivity contribution < 1.29 is 19.4 Å². The van der Waals surface area contributed by atoms with Crippen molar-refractivity contribution in [1.82, 2.24) is 20.3 Å². The summed E-state index contributed by atoms with van der Waals surface area (Å²) in [5.74, 6) is -0.749. The van der Waals surface area contributed by atoms with E-state index in [0.717, 1.165) is 22.2 Å². The number of thiazole rings is 1. The van der Waals surface area contributed by atoms with Gasteiger partial charge in [-0.25, -0.2) is 14.4 Å². The second-order valence-corrected chi connectivity index (χ2v) is 7.28. The first kappa shape index (κ1) is 19.2. The Hall–Kier alpha value is -3.14. The van der Waals surface area contributed by atoms with Crippen molar-refractivity contribution in [2.24, 2.45) is 0 Å². The lowest BCUT2D eigenvalue weighted by Gasteiger charge is -2.11. The molecule has 1 amide bonds. The van der Waals surface area contributed by atoms with Crippen LogP contribution in [0.3, 0.4) is 0 Å². The van der Waals surface area contributed by atoms with E-state index in [4.69, 9.17) is 10.2 Å². The molecule has 9 heteroatoms. The molecule has 3 heterocycles. The summed E-state index contributed by atoms with van der Waals surface area (Å²) >= 11 is 1.17. The number of benzene rings is 1. The number of amides is 1. The van der Waals surface area contributed by atoms with Crippen LogP contribution in [0.2, 0.25) is 0 Å². The number of aromatic nitrogens is 3. The minimum atomic E-state index is -0.724. The number of nitrogens with zero attached hydrogens (tertiary/aromatic N) is 2. The number of aliphatic hydroxyl groups excluding tert-OH is 2. The Labute approximate surface area is 168 Å². The lowest BCUT2D eigenvalue weighted by molar-refractivity contribution is 0.0879. The summed E-state index contributed by atoms with van der Waals surface area (Å²) in [7, 11) is 0. The number of halogens is 1. The van der Waals surface area contributed by atoms with Crippen molar-refractivity contribution in [1.29, 1.82) is 0 Å². The summed E-state index contributed by atoms with van der Waals surface area (Å²) in [5, 5.41) is 23.5. The Kier molecular flexibility index (Phi) is 5.34. The summed E-state index contributed by atoms with van der Waals surface area (Å²) in [4.78, 5) is 24.1. The largest absolute Gasteiger partial charge is 0.394 e. The van der Waals surface area contributed by atoms with Crippen LogP contribution in [-0.4, -0.2) is 50.3 Å². The molecule has 0 saturated heterocycles. The van der Waals surface area contributed by atoms with Crippen LogP contribution >= 0.6 is 11.3 Å². The van der Waals surface area contributed by atoms with Crippen LogP contribution in [0.5, 0.6) is 0 Å². The molecule has 4 N–H and O–H groups in total. The number of pyridine rings is 1. The normalized spacial score (nSPS) is 11.3. The quantitative estimate of drug-likeness (QED) is 0.389. The molecule has 0 saturated carbocycles. The minimum absolute atomic E-state index is 0.230. The maximum absolute atomic E-state index is 13.1. The molecule has 3 aromatic heterocycles. The monoisotopic (exact) mass is 412 g/mol. The summed E-state index contributed by atoms with van der Waals surface area (Å²) in [6, 6.07) is 9.30. The van der Waals surface area contributed by atoms with Gasteiger partial charge in [0.2, 0.25) is 0 Å². The molecule has 4 aromatic rings. The van der Waals surface area contributed by atoms with Crippen molar-refractivity contribution in [3.05, 3.63) is 58.8 Å². The van der Waals surface area contributed by atoms with Gasteiger partial charge < -0.3 is 20.5 Å². The minimum Gasteiger partial charge on any atom is -0.394 e. The molecular formula is C20H17FN4O3S. The van der Waals surface area contributed by atoms with Crippen LogP contribution in [0.4, 0.5) is 4.39 Å². The molecule has 0 aliphatic rings. The molecule has 0 unspecified atom stereocenters. The van der Waals surface area contributed by atoms with Gasteiger partial charge in [-0.2, -0.15) is 0 Å². The van der Waals surface area contributed by atoms with Crippen molar-refractivity contribution in [2.45, 2.75) is 6.04 Å². The standard InChI is InChI=1S/C20H17FN4O3S/c21-14-3-1-11(2-4-14)16-6-12-5-13(7-22-18(12)24-16)17-10-29-20(25-17)19(28)23-15(8-26)9-27/h1-7,10,15,26-27H,8-9H2,(H,22,24)(H,23,28). The number of nitrogens with one attached hydrogen (secondary N) is 2. The summed E-state index contributed by atoms with van der Waals surface area (Å²) in [6.45, 7) is -0.712. The van der Waals surface area contributed by atoms with Crippen molar-refractivity contribution in [3.63, 3.8) is 0 Å². The summed E-state index contributed by atoms with van der Waals surface area (Å²) in [6.07, 6.45) is 1.66. The predicted octanol–water partition coefficient (Wildman–Crippen LogP) is 2.58. The molecule has 0 fully saturated rings. The van der Waals surface area contributed by atoms with Gasteiger partial charge in [0.25, 0.3) is 5.91 Å². The third-order valence-corrected chi connectivity index (χ3v) is 5.24. The maximum atomic E-state index is 13.1. The molecule has 7 nitrogen and oxygen atoms in total. The molecule has 0 atom stereocenters. The van der Waals surface area contributed by atoms with Gasteiger partial charge in [-0.05, 0) is 42.0 Å². The second-order valence-electron chi connectivity index (χ2n) is 6.43. The fourth-order valence-electron chi connectivity index (χ4n) is 2.85. The van der Waals surface area contributed by atoms with Crippen LogP contribution in [0.15, 0.2) is 48.0 Å². The zero-order valence-corrected chi connectivity index (χ0v) is 15.9. The number of aliphatic hydroxyl groups is 2. The van der Waals surface area contributed by atoms with E-state index in [1.54, 1.807) is 23.7 Å². The van der Waals surface area contributed by atoms with Gasteiger partial charge in [0, 0.05) is 28.2 Å². The molecule has 0 bridgehead atoms. The van der Waals surface area contributed by atoms with E-state index < -0.39 is 11.9 Å². The zero-order valence-electron chi connectivity index (χ0n) is 15.1. The van der Waals surface area contributed by atoms with Crippen LogP contribution in [0, 0.1) is 5.82 Å². The molecule has 0 radical (unpaired) electrons. The number of hydrogen-bond acceptors (Lipinski definition) is 6. The molecule has 29 heavy (non-hydrogen) atoms. The number of rotatable bonds is 6. The lowest BCUT2D eigenvalue weighted by Crippen LogP contribution is -2.40. The van der Waals surface area contributed by atoms with Crippen molar-refractivity contribution in [3.8, 4) is 22.5 Å². The first-order chi connectivity index (χ1) is 14.1. The fourth-order valence-corrected chi connectivity index (χ4v) is 3.58. The van der Waals surface area contributed by atoms with Crippen LogP contribution < -0.4 is 5.32 Å². The van der Waals surface area contributed by atoms with E-state index in [1.165, 1.54) is 23.5 Å². The number of H-pyrrole nitrogens is 1. The molecular weight excluding hydrogens is 395 g/mol. The lowest BCUT2D eigenvalue weighted by atomic mass is 10.1. The predicted molar refractivity (Wildman–Crippen MR) is 108 cm³/mol. The highest BCUT2D eigenvalue weighted by molar-refractivity contribution is 7.12. The van der Waals surface area contributed by atoms with E-state index in [0.29, 0.717) is 11.3 Å². The highest BCUT2D eigenvalue weighted by Gasteiger charge is 2.16.